The molecular weight excluding hydrogens is 247 g/mol. The Morgan fingerprint density at radius 2 is 2.33 bits per heavy atom. The molecule has 1 unspecified atom stereocenters. The molecule has 1 fully saturated rings. The summed E-state index contributed by atoms with van der Waals surface area (Å²) in [6, 6.07) is 5.14. The molecule has 1 aliphatic heterocycles. The predicted octanol–water partition coefficient (Wildman–Crippen LogP) is 2.88. The third-order valence-corrected chi connectivity index (χ3v) is 4.72. The van der Waals surface area contributed by atoms with Gasteiger partial charge in [-0.05, 0) is 37.2 Å². The number of hydrogen-bond donors (Lipinski definition) is 1. The highest BCUT2D eigenvalue weighted by molar-refractivity contribution is 8.00. The van der Waals surface area contributed by atoms with Crippen LogP contribution < -0.4 is 10.2 Å². The minimum atomic E-state index is -0.151. The van der Waals surface area contributed by atoms with Gasteiger partial charge >= 0.3 is 0 Å². The van der Waals surface area contributed by atoms with Crippen LogP contribution in [0, 0.1) is 5.82 Å². The Bertz CT molecular complexity index is 397. The van der Waals surface area contributed by atoms with Gasteiger partial charge in [-0.2, -0.15) is 11.8 Å². The van der Waals surface area contributed by atoms with Gasteiger partial charge in [0, 0.05) is 36.3 Å². The van der Waals surface area contributed by atoms with Crippen molar-refractivity contribution in [3.8, 4) is 0 Å². The highest BCUT2D eigenvalue weighted by Crippen LogP contribution is 2.28. The Labute approximate surface area is 113 Å². The van der Waals surface area contributed by atoms with Crippen molar-refractivity contribution in [2.24, 2.45) is 0 Å². The van der Waals surface area contributed by atoms with Crippen LogP contribution in [0.2, 0.25) is 0 Å². The Morgan fingerprint density at radius 3 is 3.06 bits per heavy atom. The molecule has 0 spiro atoms. The van der Waals surface area contributed by atoms with Crippen molar-refractivity contribution in [3.05, 3.63) is 29.6 Å². The summed E-state index contributed by atoms with van der Waals surface area (Å²) in [5.41, 5.74) is 2.24. The molecule has 1 aromatic carbocycles. The van der Waals surface area contributed by atoms with Crippen LogP contribution >= 0.6 is 11.8 Å². The van der Waals surface area contributed by atoms with Crippen LogP contribution in [0.25, 0.3) is 0 Å². The Kier molecular flexibility index (Phi) is 4.89. The Morgan fingerprint density at radius 1 is 1.50 bits per heavy atom. The van der Waals surface area contributed by atoms with Gasteiger partial charge in [-0.3, -0.25) is 0 Å². The largest absolute Gasteiger partial charge is 0.369 e. The molecule has 18 heavy (non-hydrogen) atoms. The van der Waals surface area contributed by atoms with E-state index in [1.54, 1.807) is 12.1 Å². The van der Waals surface area contributed by atoms with Gasteiger partial charge in [0.05, 0.1) is 0 Å². The van der Waals surface area contributed by atoms with Gasteiger partial charge in [0.15, 0.2) is 0 Å². The van der Waals surface area contributed by atoms with Crippen molar-refractivity contribution in [1.29, 1.82) is 0 Å². The molecule has 1 aromatic rings. The van der Waals surface area contributed by atoms with E-state index in [2.05, 4.69) is 28.9 Å². The summed E-state index contributed by atoms with van der Waals surface area (Å²) in [6.45, 7) is 5.08. The molecule has 100 valence electrons. The number of rotatable bonds is 4. The van der Waals surface area contributed by atoms with Crippen molar-refractivity contribution in [2.45, 2.75) is 25.1 Å². The molecule has 0 saturated carbocycles. The standard InChI is InChI=1S/C14H21FN2S/c1-3-13-10-17(6-7-18-13)14-5-4-12(15)8-11(14)9-16-2/h4-5,8,13,16H,3,6-7,9-10H2,1-2H3. The van der Waals surface area contributed by atoms with Crippen LogP contribution in [0.3, 0.4) is 0 Å². The summed E-state index contributed by atoms with van der Waals surface area (Å²) in [4.78, 5) is 2.40. The monoisotopic (exact) mass is 268 g/mol. The molecule has 1 heterocycles. The zero-order chi connectivity index (χ0) is 13.0. The molecule has 1 atom stereocenters. The van der Waals surface area contributed by atoms with E-state index >= 15 is 0 Å². The summed E-state index contributed by atoms with van der Waals surface area (Å²) < 4.78 is 13.3. The van der Waals surface area contributed by atoms with E-state index in [0.717, 1.165) is 24.4 Å². The number of benzene rings is 1. The highest BCUT2D eigenvalue weighted by atomic mass is 32.2. The van der Waals surface area contributed by atoms with E-state index in [-0.39, 0.29) is 5.82 Å². The second kappa shape index (κ2) is 6.43. The van der Waals surface area contributed by atoms with Crippen LogP contribution in [0.1, 0.15) is 18.9 Å². The van der Waals surface area contributed by atoms with Gasteiger partial charge in [0.1, 0.15) is 5.82 Å². The lowest BCUT2D eigenvalue weighted by Crippen LogP contribution is -2.38. The second-order valence-corrected chi connectivity index (χ2v) is 6.06. The maximum Gasteiger partial charge on any atom is 0.123 e. The molecule has 0 amide bonds. The minimum absolute atomic E-state index is 0.151. The smallest absolute Gasteiger partial charge is 0.123 e. The Hall–Kier alpha value is -0.740. The van der Waals surface area contributed by atoms with Gasteiger partial charge < -0.3 is 10.2 Å². The first kappa shape index (κ1) is 13.7. The average Bonchev–Trinajstić information content (AvgIpc) is 2.39. The first-order chi connectivity index (χ1) is 8.74. The number of nitrogens with zero attached hydrogens (tertiary/aromatic N) is 1. The molecule has 2 nitrogen and oxygen atoms in total. The molecule has 0 bridgehead atoms. The number of hydrogen-bond acceptors (Lipinski definition) is 3. The SMILES string of the molecule is CCC1CN(c2ccc(F)cc2CNC)CCS1. The number of nitrogens with one attached hydrogen (secondary N) is 1. The zero-order valence-corrected chi connectivity index (χ0v) is 11.9. The van der Waals surface area contributed by atoms with E-state index in [1.165, 1.54) is 12.1 Å². The second-order valence-electron chi connectivity index (χ2n) is 4.65. The third kappa shape index (κ3) is 3.18. The molecule has 4 heteroatoms. The molecule has 0 radical (unpaired) electrons. The highest BCUT2D eigenvalue weighted by Gasteiger charge is 2.21. The van der Waals surface area contributed by atoms with E-state index in [9.17, 15) is 4.39 Å². The first-order valence-corrected chi connectivity index (χ1v) is 7.59. The number of halogens is 1. The molecule has 1 saturated heterocycles. The lowest BCUT2D eigenvalue weighted by atomic mass is 10.1. The first-order valence-electron chi connectivity index (χ1n) is 6.54. The van der Waals surface area contributed by atoms with Crippen molar-refractivity contribution in [1.82, 2.24) is 5.32 Å². The summed E-state index contributed by atoms with van der Waals surface area (Å²) in [6.07, 6.45) is 1.20. The zero-order valence-electron chi connectivity index (χ0n) is 11.1. The fraction of sp³-hybridized carbons (Fsp3) is 0.571. The van der Waals surface area contributed by atoms with Crippen molar-refractivity contribution < 1.29 is 4.39 Å². The van der Waals surface area contributed by atoms with Gasteiger partial charge in [-0.1, -0.05) is 6.92 Å². The average molecular weight is 268 g/mol. The lowest BCUT2D eigenvalue weighted by Gasteiger charge is -2.35. The fourth-order valence-corrected chi connectivity index (χ4v) is 3.56. The summed E-state index contributed by atoms with van der Waals surface area (Å²) in [5.74, 6) is 1.01. The van der Waals surface area contributed by atoms with Gasteiger partial charge in [-0.15, -0.1) is 0 Å². The summed E-state index contributed by atoms with van der Waals surface area (Å²) in [7, 11) is 1.90. The molecule has 0 aromatic heterocycles. The van der Waals surface area contributed by atoms with Crippen molar-refractivity contribution in [2.75, 3.05) is 30.8 Å². The van der Waals surface area contributed by atoms with Gasteiger partial charge in [0.25, 0.3) is 0 Å². The maximum atomic E-state index is 13.3. The van der Waals surface area contributed by atoms with E-state index in [4.69, 9.17) is 0 Å². The van der Waals surface area contributed by atoms with Crippen molar-refractivity contribution in [3.63, 3.8) is 0 Å². The number of thioether (sulfide) groups is 1. The van der Waals surface area contributed by atoms with E-state index < -0.39 is 0 Å². The van der Waals surface area contributed by atoms with Crippen molar-refractivity contribution >= 4 is 17.4 Å². The van der Waals surface area contributed by atoms with Crippen LogP contribution in [-0.2, 0) is 6.54 Å². The van der Waals surface area contributed by atoms with E-state index in [1.807, 2.05) is 13.1 Å². The summed E-state index contributed by atoms with van der Waals surface area (Å²) >= 11 is 2.05. The molecule has 0 aliphatic carbocycles. The molecular formula is C14H21FN2S. The quantitative estimate of drug-likeness (QED) is 0.904. The fourth-order valence-electron chi connectivity index (χ4n) is 2.38. The Balaban J connectivity index is 2.20. The maximum absolute atomic E-state index is 13.3. The number of anilines is 1. The molecule has 2 rings (SSSR count). The van der Waals surface area contributed by atoms with Gasteiger partial charge in [-0.25, -0.2) is 4.39 Å². The minimum Gasteiger partial charge on any atom is -0.369 e. The van der Waals surface area contributed by atoms with Crippen LogP contribution in [0.4, 0.5) is 10.1 Å². The topological polar surface area (TPSA) is 15.3 Å². The van der Waals surface area contributed by atoms with Crippen LogP contribution in [0.5, 0.6) is 0 Å². The lowest BCUT2D eigenvalue weighted by molar-refractivity contribution is 0.622. The van der Waals surface area contributed by atoms with E-state index in [0.29, 0.717) is 11.8 Å². The summed E-state index contributed by atoms with van der Waals surface area (Å²) in [5, 5.41) is 3.82. The third-order valence-electron chi connectivity index (χ3n) is 3.34. The predicted molar refractivity (Wildman–Crippen MR) is 77.9 cm³/mol. The van der Waals surface area contributed by atoms with Crippen LogP contribution in [0.15, 0.2) is 18.2 Å². The normalized spacial score (nSPS) is 20.2. The van der Waals surface area contributed by atoms with Crippen LogP contribution in [-0.4, -0.2) is 31.1 Å². The van der Waals surface area contributed by atoms with Gasteiger partial charge in [0.2, 0.25) is 0 Å². The molecule has 1 aliphatic rings. The molecule has 1 N–H and O–H groups in total.